The molecule has 17 heavy (non-hydrogen) atoms. The third-order valence-electron chi connectivity index (χ3n) is 3.91. The highest BCUT2D eigenvalue weighted by Crippen LogP contribution is 2.34. The second-order valence-electron chi connectivity index (χ2n) is 5.02. The fourth-order valence-electron chi connectivity index (χ4n) is 2.98. The Morgan fingerprint density at radius 1 is 1.35 bits per heavy atom. The molecule has 2 aliphatic rings. The van der Waals surface area contributed by atoms with Crippen LogP contribution in [0.4, 0.5) is 0 Å². The molecule has 0 saturated carbocycles. The maximum absolute atomic E-state index is 6.00. The molecule has 1 aromatic heterocycles. The average molecular weight is 249 g/mol. The van der Waals surface area contributed by atoms with Gasteiger partial charge in [0.05, 0.1) is 5.02 Å². The number of halogens is 1. The molecule has 0 radical (unpaired) electrons. The Labute approximate surface area is 107 Å². The highest BCUT2D eigenvalue weighted by atomic mass is 35.5. The first-order chi connectivity index (χ1) is 8.33. The van der Waals surface area contributed by atoms with Gasteiger partial charge in [0.2, 0.25) is 0 Å². The molecule has 2 heterocycles. The molecule has 0 aromatic carbocycles. The van der Waals surface area contributed by atoms with Crippen LogP contribution in [0.3, 0.4) is 0 Å². The van der Waals surface area contributed by atoms with Gasteiger partial charge in [-0.05, 0) is 55.3 Å². The van der Waals surface area contributed by atoms with E-state index < -0.39 is 0 Å². The lowest BCUT2D eigenvalue weighted by Crippen LogP contribution is -2.42. The Bertz CT molecular complexity index is 442. The summed E-state index contributed by atoms with van der Waals surface area (Å²) in [4.78, 5) is 4.17. The predicted octanol–water partition coefficient (Wildman–Crippen LogP) is 3.28. The molecule has 1 saturated heterocycles. The molecular weight excluding hydrogens is 232 g/mol. The van der Waals surface area contributed by atoms with Gasteiger partial charge in [-0.3, -0.25) is 4.98 Å². The van der Waals surface area contributed by atoms with E-state index in [1.165, 1.54) is 36.9 Å². The van der Waals surface area contributed by atoms with Crippen molar-refractivity contribution in [3.63, 3.8) is 0 Å². The van der Waals surface area contributed by atoms with Crippen LogP contribution in [0, 0.1) is 5.92 Å². The van der Waals surface area contributed by atoms with Crippen molar-refractivity contribution in [3.8, 4) is 0 Å². The predicted molar refractivity (Wildman–Crippen MR) is 71.0 cm³/mol. The van der Waals surface area contributed by atoms with E-state index in [1.807, 2.05) is 12.3 Å². The molecule has 1 aliphatic carbocycles. The summed E-state index contributed by atoms with van der Waals surface area (Å²) in [6, 6.07) is 2.67. The van der Waals surface area contributed by atoms with Crippen molar-refractivity contribution in [2.45, 2.75) is 31.7 Å². The summed E-state index contributed by atoms with van der Waals surface area (Å²) in [6.45, 7) is 1.17. The monoisotopic (exact) mass is 248 g/mol. The molecule has 3 heteroatoms. The molecule has 0 spiro atoms. The summed E-state index contributed by atoms with van der Waals surface area (Å²) >= 11 is 6.00. The highest BCUT2D eigenvalue weighted by Gasteiger charge is 2.28. The maximum atomic E-state index is 6.00. The molecule has 1 N–H and O–H groups in total. The van der Waals surface area contributed by atoms with E-state index in [1.54, 1.807) is 6.20 Å². The van der Waals surface area contributed by atoms with Crippen molar-refractivity contribution in [1.82, 2.24) is 10.3 Å². The Hall–Kier alpha value is -0.860. The van der Waals surface area contributed by atoms with E-state index in [-0.39, 0.29) is 0 Å². The van der Waals surface area contributed by atoms with E-state index in [2.05, 4.69) is 16.4 Å². The second-order valence-corrected chi connectivity index (χ2v) is 5.46. The molecule has 90 valence electrons. The first-order valence-corrected chi connectivity index (χ1v) is 6.74. The van der Waals surface area contributed by atoms with Gasteiger partial charge in [-0.2, -0.15) is 0 Å². The zero-order valence-electron chi connectivity index (χ0n) is 9.82. The van der Waals surface area contributed by atoms with Crippen LogP contribution in [-0.4, -0.2) is 17.6 Å². The molecule has 0 amide bonds. The number of nitrogens with one attached hydrogen (secondary N) is 1. The molecule has 1 aromatic rings. The minimum atomic E-state index is 0.655. The van der Waals surface area contributed by atoms with Gasteiger partial charge in [0.25, 0.3) is 0 Å². The van der Waals surface area contributed by atoms with Crippen molar-refractivity contribution in [2.75, 3.05) is 6.54 Å². The lowest BCUT2D eigenvalue weighted by atomic mass is 9.78. The zero-order valence-corrected chi connectivity index (χ0v) is 10.6. The van der Waals surface area contributed by atoms with Crippen LogP contribution >= 0.6 is 11.6 Å². The smallest absolute Gasteiger partial charge is 0.0595 e. The zero-order chi connectivity index (χ0) is 11.7. The number of aromatic nitrogens is 1. The number of pyridine rings is 1. The number of hydrogen-bond donors (Lipinski definition) is 1. The van der Waals surface area contributed by atoms with E-state index in [0.29, 0.717) is 6.04 Å². The SMILES string of the molecule is Clc1cncc(C2=CC[C@H]3CCCN[C@H]3C2)c1. The summed E-state index contributed by atoms with van der Waals surface area (Å²) in [7, 11) is 0. The van der Waals surface area contributed by atoms with Crippen LogP contribution < -0.4 is 5.32 Å². The van der Waals surface area contributed by atoms with Gasteiger partial charge >= 0.3 is 0 Å². The lowest BCUT2D eigenvalue weighted by molar-refractivity contribution is 0.278. The van der Waals surface area contributed by atoms with Crippen molar-refractivity contribution in [3.05, 3.63) is 35.1 Å². The third-order valence-corrected chi connectivity index (χ3v) is 4.12. The van der Waals surface area contributed by atoms with Crippen molar-refractivity contribution in [1.29, 1.82) is 0 Å². The largest absolute Gasteiger partial charge is 0.313 e. The van der Waals surface area contributed by atoms with Gasteiger partial charge in [-0.1, -0.05) is 17.7 Å². The van der Waals surface area contributed by atoms with Crippen molar-refractivity contribution < 1.29 is 0 Å². The van der Waals surface area contributed by atoms with Gasteiger partial charge in [-0.25, -0.2) is 0 Å². The van der Waals surface area contributed by atoms with Crippen molar-refractivity contribution >= 4 is 17.2 Å². The molecule has 0 unspecified atom stereocenters. The Kier molecular flexibility index (Phi) is 3.17. The van der Waals surface area contributed by atoms with Gasteiger partial charge in [0.15, 0.2) is 0 Å². The number of rotatable bonds is 1. The van der Waals surface area contributed by atoms with Crippen LogP contribution in [0.25, 0.3) is 5.57 Å². The first kappa shape index (κ1) is 11.2. The quantitative estimate of drug-likeness (QED) is 0.825. The van der Waals surface area contributed by atoms with Gasteiger partial charge in [0, 0.05) is 18.4 Å². The summed E-state index contributed by atoms with van der Waals surface area (Å²) in [5.74, 6) is 0.833. The summed E-state index contributed by atoms with van der Waals surface area (Å²) in [5, 5.41) is 4.37. The van der Waals surface area contributed by atoms with Crippen LogP contribution in [0.5, 0.6) is 0 Å². The van der Waals surface area contributed by atoms with E-state index in [0.717, 1.165) is 17.4 Å². The molecule has 2 nitrogen and oxygen atoms in total. The number of piperidine rings is 1. The lowest BCUT2D eigenvalue weighted by Gasteiger charge is -2.36. The normalized spacial score (nSPS) is 28.4. The van der Waals surface area contributed by atoms with E-state index in [4.69, 9.17) is 11.6 Å². The van der Waals surface area contributed by atoms with Crippen LogP contribution in [-0.2, 0) is 0 Å². The van der Waals surface area contributed by atoms with Gasteiger partial charge < -0.3 is 5.32 Å². The molecular formula is C14H17ClN2. The second kappa shape index (κ2) is 4.79. The molecule has 0 bridgehead atoms. The molecule has 1 aliphatic heterocycles. The minimum Gasteiger partial charge on any atom is -0.313 e. The number of fused-ring (bicyclic) bond motifs is 1. The fraction of sp³-hybridized carbons (Fsp3) is 0.500. The summed E-state index contributed by atoms with van der Waals surface area (Å²) in [6.07, 6.45) is 11.0. The third kappa shape index (κ3) is 2.38. The number of nitrogens with zero attached hydrogens (tertiary/aromatic N) is 1. The Morgan fingerprint density at radius 3 is 3.18 bits per heavy atom. The molecule has 2 atom stereocenters. The number of allylic oxidation sites excluding steroid dienone is 1. The Balaban J connectivity index is 1.82. The Morgan fingerprint density at radius 2 is 2.29 bits per heavy atom. The first-order valence-electron chi connectivity index (χ1n) is 6.36. The molecule has 3 rings (SSSR count). The standard InChI is InChI=1S/C14H17ClN2/c15-13-6-12(8-16-9-13)11-4-3-10-2-1-5-17-14(10)7-11/h4,6,8-10,14,17H,1-3,5,7H2/t10-,14+/m1/s1. The molecule has 1 fully saturated rings. The summed E-state index contributed by atoms with van der Waals surface area (Å²) < 4.78 is 0. The van der Waals surface area contributed by atoms with Gasteiger partial charge in [-0.15, -0.1) is 0 Å². The topological polar surface area (TPSA) is 24.9 Å². The van der Waals surface area contributed by atoms with Gasteiger partial charge in [0.1, 0.15) is 0 Å². The van der Waals surface area contributed by atoms with Crippen molar-refractivity contribution in [2.24, 2.45) is 5.92 Å². The van der Waals surface area contributed by atoms with Crippen LogP contribution in [0.2, 0.25) is 5.02 Å². The van der Waals surface area contributed by atoms with E-state index in [9.17, 15) is 0 Å². The average Bonchev–Trinajstić information content (AvgIpc) is 2.38. The maximum Gasteiger partial charge on any atom is 0.0595 e. The van der Waals surface area contributed by atoms with E-state index >= 15 is 0 Å². The minimum absolute atomic E-state index is 0.655. The van der Waals surface area contributed by atoms with Crippen LogP contribution in [0.15, 0.2) is 24.5 Å². The number of hydrogen-bond acceptors (Lipinski definition) is 2. The fourth-order valence-corrected chi connectivity index (χ4v) is 3.15. The summed E-state index contributed by atoms with van der Waals surface area (Å²) in [5.41, 5.74) is 2.58. The van der Waals surface area contributed by atoms with Crippen LogP contribution in [0.1, 0.15) is 31.2 Å². The highest BCUT2D eigenvalue weighted by molar-refractivity contribution is 6.30.